The highest BCUT2D eigenvalue weighted by molar-refractivity contribution is 5.99. The smallest absolute Gasteiger partial charge is 0.336 e. The Morgan fingerprint density at radius 2 is 1.53 bits per heavy atom. The van der Waals surface area contributed by atoms with E-state index < -0.39 is 59.8 Å². The van der Waals surface area contributed by atoms with Gasteiger partial charge in [-0.25, -0.2) is 14.4 Å². The highest BCUT2D eigenvalue weighted by Gasteiger charge is 2.51. The minimum Gasteiger partial charge on any atom is -0.478 e. The van der Waals surface area contributed by atoms with E-state index in [-0.39, 0.29) is 23.2 Å². The number of anilines is 2. The molecule has 0 aromatic heterocycles. The number of carboxylic acids is 1. The largest absolute Gasteiger partial charge is 0.478 e. The first-order valence-electron chi connectivity index (χ1n) is 13.7. The first kappa shape index (κ1) is 30.8. The first-order valence-corrected chi connectivity index (χ1v) is 13.7. The summed E-state index contributed by atoms with van der Waals surface area (Å²) in [6.07, 6.45) is -0.542. The van der Waals surface area contributed by atoms with Crippen LogP contribution in [0.1, 0.15) is 54.7 Å². The van der Waals surface area contributed by atoms with Crippen LogP contribution < -0.4 is 16.4 Å². The molecule has 43 heavy (non-hydrogen) atoms. The molecule has 224 valence electrons. The van der Waals surface area contributed by atoms with E-state index in [2.05, 4.69) is 10.6 Å². The van der Waals surface area contributed by atoms with Crippen molar-refractivity contribution in [1.82, 2.24) is 4.90 Å². The van der Waals surface area contributed by atoms with Gasteiger partial charge in [0.25, 0.3) is 0 Å². The van der Waals surface area contributed by atoms with E-state index in [4.69, 9.17) is 10.5 Å². The van der Waals surface area contributed by atoms with Crippen LogP contribution in [-0.2, 0) is 25.5 Å². The minimum atomic E-state index is -1.32. The summed E-state index contributed by atoms with van der Waals surface area (Å²) < 4.78 is 5.69. The number of nitrogens with two attached hydrogens (primary N) is 1. The van der Waals surface area contributed by atoms with Gasteiger partial charge in [-0.3, -0.25) is 9.59 Å². The molecule has 0 radical (unpaired) electrons. The number of ether oxygens (including phenoxy) is 1. The SMILES string of the molecule is CC(C)(C)OC(=O)C1CC(C(=O)Nc2ccccc2)C(c2ccccc2)N1C(=O)Cc1c(NC(N)=O)cccc1C(=O)O. The number of nitrogens with one attached hydrogen (secondary N) is 2. The van der Waals surface area contributed by atoms with Crippen LogP contribution in [0.15, 0.2) is 78.9 Å². The molecule has 1 saturated heterocycles. The van der Waals surface area contributed by atoms with Gasteiger partial charge in [-0.05, 0) is 62.6 Å². The number of amides is 4. The molecular weight excluding hydrogens is 552 g/mol. The van der Waals surface area contributed by atoms with Crippen LogP contribution in [0.4, 0.5) is 16.2 Å². The zero-order valence-electron chi connectivity index (χ0n) is 24.1. The Balaban J connectivity index is 1.81. The molecule has 3 atom stereocenters. The van der Waals surface area contributed by atoms with E-state index in [0.29, 0.717) is 11.3 Å². The molecule has 1 aliphatic rings. The van der Waals surface area contributed by atoms with Gasteiger partial charge < -0.3 is 31.1 Å². The van der Waals surface area contributed by atoms with Crippen LogP contribution in [0.2, 0.25) is 0 Å². The van der Waals surface area contributed by atoms with Crippen molar-refractivity contribution in [3.05, 3.63) is 95.6 Å². The molecule has 3 unspecified atom stereocenters. The predicted octanol–water partition coefficient (Wildman–Crippen LogP) is 4.36. The summed E-state index contributed by atoms with van der Waals surface area (Å²) in [5, 5.41) is 15.1. The number of urea groups is 1. The summed E-state index contributed by atoms with van der Waals surface area (Å²) in [5.74, 6) is -3.91. The molecule has 1 aliphatic heterocycles. The van der Waals surface area contributed by atoms with Crippen LogP contribution in [0.3, 0.4) is 0 Å². The second-order valence-corrected chi connectivity index (χ2v) is 11.2. The lowest BCUT2D eigenvalue weighted by molar-refractivity contribution is -0.164. The van der Waals surface area contributed by atoms with Crippen molar-refractivity contribution in [1.29, 1.82) is 0 Å². The molecule has 0 spiro atoms. The zero-order valence-corrected chi connectivity index (χ0v) is 24.1. The van der Waals surface area contributed by atoms with E-state index >= 15 is 0 Å². The highest BCUT2D eigenvalue weighted by atomic mass is 16.6. The number of carboxylic acid groups (broad SMARTS) is 1. The van der Waals surface area contributed by atoms with Crippen molar-refractivity contribution < 1.29 is 33.8 Å². The zero-order chi connectivity index (χ0) is 31.3. The van der Waals surface area contributed by atoms with Gasteiger partial charge >= 0.3 is 18.0 Å². The molecule has 11 nitrogen and oxygen atoms in total. The number of para-hydroxylation sites is 1. The number of hydrogen-bond donors (Lipinski definition) is 4. The van der Waals surface area contributed by atoms with Crippen LogP contribution in [0, 0.1) is 5.92 Å². The second-order valence-electron chi connectivity index (χ2n) is 11.2. The maximum Gasteiger partial charge on any atom is 0.336 e. The maximum absolute atomic E-state index is 14.3. The highest BCUT2D eigenvalue weighted by Crippen LogP contribution is 2.43. The number of likely N-dealkylation sites (tertiary alicyclic amines) is 1. The molecule has 5 N–H and O–H groups in total. The van der Waals surface area contributed by atoms with Gasteiger partial charge in [0.2, 0.25) is 11.8 Å². The van der Waals surface area contributed by atoms with Gasteiger partial charge in [-0.2, -0.15) is 0 Å². The molecule has 0 saturated carbocycles. The number of benzene rings is 3. The molecule has 4 amide bonds. The van der Waals surface area contributed by atoms with Crippen LogP contribution >= 0.6 is 0 Å². The van der Waals surface area contributed by atoms with Crippen molar-refractivity contribution in [3.8, 4) is 0 Å². The van der Waals surface area contributed by atoms with Gasteiger partial charge in [0.1, 0.15) is 11.6 Å². The third-order valence-electron chi connectivity index (χ3n) is 6.97. The van der Waals surface area contributed by atoms with Gasteiger partial charge in [0.15, 0.2) is 0 Å². The van der Waals surface area contributed by atoms with Crippen LogP contribution in [0.25, 0.3) is 0 Å². The fourth-order valence-electron chi connectivity index (χ4n) is 5.30. The molecule has 1 heterocycles. The number of hydrogen-bond acceptors (Lipinski definition) is 6. The summed E-state index contributed by atoms with van der Waals surface area (Å²) in [4.78, 5) is 66.7. The quantitative estimate of drug-likeness (QED) is 0.284. The molecule has 3 aromatic rings. The Morgan fingerprint density at radius 3 is 2.12 bits per heavy atom. The van der Waals surface area contributed by atoms with Crippen molar-refractivity contribution in [2.45, 2.75) is 51.3 Å². The number of nitrogens with zero attached hydrogens (tertiary/aromatic N) is 1. The monoisotopic (exact) mass is 586 g/mol. The molecule has 0 aliphatic carbocycles. The van der Waals surface area contributed by atoms with Crippen molar-refractivity contribution >= 4 is 41.2 Å². The fourth-order valence-corrected chi connectivity index (χ4v) is 5.30. The van der Waals surface area contributed by atoms with Crippen molar-refractivity contribution in [3.63, 3.8) is 0 Å². The predicted molar refractivity (Wildman–Crippen MR) is 159 cm³/mol. The van der Waals surface area contributed by atoms with Crippen molar-refractivity contribution in [2.75, 3.05) is 10.6 Å². The van der Waals surface area contributed by atoms with Crippen LogP contribution in [-0.4, -0.2) is 51.4 Å². The summed E-state index contributed by atoms with van der Waals surface area (Å²) in [7, 11) is 0. The Hall–Kier alpha value is -5.19. The normalized spacial score (nSPS) is 18.0. The Bertz CT molecular complexity index is 1520. The van der Waals surface area contributed by atoms with Gasteiger partial charge in [0, 0.05) is 11.4 Å². The molecule has 11 heteroatoms. The Kier molecular flexibility index (Phi) is 9.13. The topological polar surface area (TPSA) is 168 Å². The molecule has 0 bridgehead atoms. The minimum absolute atomic E-state index is 0.00531. The van der Waals surface area contributed by atoms with E-state index in [1.807, 2.05) is 6.07 Å². The van der Waals surface area contributed by atoms with E-state index in [9.17, 15) is 29.1 Å². The number of rotatable bonds is 8. The van der Waals surface area contributed by atoms with E-state index in [0.717, 1.165) is 0 Å². The van der Waals surface area contributed by atoms with Gasteiger partial charge in [-0.15, -0.1) is 0 Å². The van der Waals surface area contributed by atoms with Crippen molar-refractivity contribution in [2.24, 2.45) is 11.7 Å². The van der Waals surface area contributed by atoms with E-state index in [1.165, 1.54) is 23.1 Å². The maximum atomic E-state index is 14.3. The molecular formula is C32H34N4O7. The lowest BCUT2D eigenvalue weighted by Gasteiger charge is -2.33. The third kappa shape index (κ3) is 7.37. The number of primary amides is 1. The van der Waals surface area contributed by atoms with E-state index in [1.54, 1.807) is 75.4 Å². The Labute approximate surface area is 249 Å². The van der Waals surface area contributed by atoms with Gasteiger partial charge in [-0.1, -0.05) is 54.6 Å². The van der Waals surface area contributed by atoms with Crippen LogP contribution in [0.5, 0.6) is 0 Å². The lowest BCUT2D eigenvalue weighted by Crippen LogP contribution is -2.45. The molecule has 3 aromatic carbocycles. The molecule has 1 fully saturated rings. The number of carbonyl (C=O) groups excluding carboxylic acids is 4. The standard InChI is InChI=1S/C32H34N4O7/c1-32(2,3)43-30(41)25-17-23(28(38)34-20-13-8-5-9-14-20)27(19-11-6-4-7-12-19)36(25)26(37)18-22-21(29(39)40)15-10-16-24(22)35-31(33)42/h4-16,23,25,27H,17-18H2,1-3H3,(H,34,38)(H,39,40)(H3,33,35,42). The average Bonchev–Trinajstić information content (AvgIpc) is 3.35. The summed E-state index contributed by atoms with van der Waals surface area (Å²) in [5.41, 5.74) is 5.42. The first-order chi connectivity index (χ1) is 20.4. The molecule has 4 rings (SSSR count). The second kappa shape index (κ2) is 12.8. The summed E-state index contributed by atoms with van der Waals surface area (Å²) in [6.45, 7) is 5.10. The number of aromatic carboxylic acids is 1. The third-order valence-corrected chi connectivity index (χ3v) is 6.97. The number of esters is 1. The summed E-state index contributed by atoms with van der Waals surface area (Å²) in [6, 6.07) is 18.8. The number of carbonyl (C=O) groups is 5. The van der Waals surface area contributed by atoms with Gasteiger partial charge in [0.05, 0.1) is 23.9 Å². The lowest BCUT2D eigenvalue weighted by atomic mass is 9.92. The summed E-state index contributed by atoms with van der Waals surface area (Å²) >= 11 is 0. The fraction of sp³-hybridized carbons (Fsp3) is 0.281. The average molecular weight is 587 g/mol. The Morgan fingerprint density at radius 1 is 0.907 bits per heavy atom.